The molecule has 1 atom stereocenters. The highest BCUT2D eigenvalue weighted by molar-refractivity contribution is 5.12. The molecule has 22 heavy (non-hydrogen) atoms. The summed E-state index contributed by atoms with van der Waals surface area (Å²) in [5.41, 5.74) is 1.45. The van der Waals surface area contributed by atoms with E-state index in [1.54, 1.807) is 0 Å². The topological polar surface area (TPSA) is 7.12 Å². The summed E-state index contributed by atoms with van der Waals surface area (Å²) in [6.07, 6.45) is 14.4. The molecule has 0 aromatic carbocycles. The Hall–Kier alpha value is -1.33. The average Bonchev–Trinajstić information content (AvgIpc) is 2.96. The highest BCUT2D eigenvalue weighted by atomic mass is 15.1. The van der Waals surface area contributed by atoms with Gasteiger partial charge >= 0.3 is 0 Å². The Bertz CT molecular complexity index is 498. The van der Waals surface area contributed by atoms with Crippen molar-refractivity contribution in [2.24, 2.45) is 0 Å². The Kier molecular flexibility index (Phi) is 7.46. The first-order chi connectivity index (χ1) is 10.8. The fourth-order valence-corrected chi connectivity index (χ4v) is 3.21. The van der Waals surface area contributed by atoms with Gasteiger partial charge in [-0.25, -0.2) is 4.57 Å². The van der Waals surface area contributed by atoms with Crippen molar-refractivity contribution >= 4 is 0 Å². The number of unbranched alkanes of at least 4 members (excludes halogenated alkanes) is 4. The van der Waals surface area contributed by atoms with Crippen LogP contribution in [0.25, 0.3) is 0 Å². The number of nitrogens with zero attached hydrogens (tertiary/aromatic N) is 2. The largest absolute Gasteiger partial charge is 0.299 e. The van der Waals surface area contributed by atoms with Crippen LogP contribution in [-0.2, 0) is 6.54 Å². The molecule has 2 heterocycles. The molecule has 1 aliphatic rings. The van der Waals surface area contributed by atoms with Crippen molar-refractivity contribution in [3.63, 3.8) is 0 Å². The van der Waals surface area contributed by atoms with Gasteiger partial charge in [0.2, 0.25) is 0 Å². The highest BCUT2D eigenvalue weighted by Crippen LogP contribution is 2.29. The molecule has 0 saturated carbocycles. The Balaban J connectivity index is 1.75. The molecule has 2 rings (SSSR count). The van der Waals surface area contributed by atoms with Crippen LogP contribution in [0.1, 0.15) is 69.9 Å². The van der Waals surface area contributed by atoms with E-state index in [1.165, 1.54) is 50.6 Å². The van der Waals surface area contributed by atoms with E-state index < -0.39 is 0 Å². The van der Waals surface area contributed by atoms with Gasteiger partial charge in [-0.2, -0.15) is 0 Å². The Morgan fingerprint density at radius 1 is 1.23 bits per heavy atom. The zero-order valence-corrected chi connectivity index (χ0v) is 14.4. The number of aryl methyl sites for hydroxylation is 1. The monoisotopic (exact) mass is 299 g/mol. The number of hydrogen-bond donors (Lipinski definition) is 0. The van der Waals surface area contributed by atoms with Crippen molar-refractivity contribution in [1.82, 2.24) is 4.90 Å². The molecule has 1 saturated heterocycles. The third-order valence-electron chi connectivity index (χ3n) is 4.56. The molecule has 0 N–H and O–H groups in total. The van der Waals surface area contributed by atoms with E-state index in [9.17, 15) is 0 Å². The lowest BCUT2D eigenvalue weighted by Crippen LogP contribution is -2.34. The van der Waals surface area contributed by atoms with Gasteiger partial charge in [0.25, 0.3) is 0 Å². The summed E-state index contributed by atoms with van der Waals surface area (Å²) < 4.78 is 2.30. The van der Waals surface area contributed by atoms with E-state index in [4.69, 9.17) is 0 Å². The first-order valence-corrected chi connectivity index (χ1v) is 8.96. The second-order valence-electron chi connectivity index (χ2n) is 6.43. The molecular weight excluding hydrogens is 268 g/mol. The van der Waals surface area contributed by atoms with E-state index in [0.717, 1.165) is 19.4 Å². The van der Waals surface area contributed by atoms with Gasteiger partial charge < -0.3 is 0 Å². The molecule has 0 radical (unpaired) electrons. The maximum Gasteiger partial charge on any atom is 0.173 e. The standard InChI is InChI=1S/C20H31N2/c1-3-4-5-6-7-8-9-10-16-22-17-11-13-19(18-22)20-14-12-15-21(20)2/h11,13,17-18,20H,3-7,10,12,14-16H2,1-2H3/q+1/t20-/m0/s1. The van der Waals surface area contributed by atoms with Crippen molar-refractivity contribution in [2.75, 3.05) is 13.6 Å². The number of hydrogen-bond acceptors (Lipinski definition) is 1. The van der Waals surface area contributed by atoms with Gasteiger partial charge in [0, 0.05) is 24.1 Å². The maximum absolute atomic E-state index is 3.33. The summed E-state index contributed by atoms with van der Waals surface area (Å²) in [7, 11) is 2.24. The van der Waals surface area contributed by atoms with Crippen molar-refractivity contribution < 1.29 is 4.57 Å². The SMILES string of the molecule is CCCCCCC#CCC[n+]1cccc([C@@H]2CCCN2C)c1. The number of aromatic nitrogens is 1. The van der Waals surface area contributed by atoms with Gasteiger partial charge in [-0.1, -0.05) is 32.1 Å². The first kappa shape index (κ1) is 17.0. The highest BCUT2D eigenvalue weighted by Gasteiger charge is 2.24. The lowest BCUT2D eigenvalue weighted by Gasteiger charge is -2.18. The lowest BCUT2D eigenvalue weighted by atomic mass is 10.1. The minimum atomic E-state index is 0.608. The molecule has 1 aliphatic heterocycles. The van der Waals surface area contributed by atoms with E-state index >= 15 is 0 Å². The number of rotatable bonds is 7. The summed E-state index contributed by atoms with van der Waals surface area (Å²) in [5, 5.41) is 0. The van der Waals surface area contributed by atoms with E-state index in [2.05, 4.69) is 59.8 Å². The average molecular weight is 299 g/mol. The van der Waals surface area contributed by atoms with Crippen molar-refractivity contribution in [3.05, 3.63) is 30.1 Å². The molecule has 0 aliphatic carbocycles. The number of pyridine rings is 1. The third kappa shape index (κ3) is 5.46. The predicted molar refractivity (Wildman–Crippen MR) is 92.4 cm³/mol. The van der Waals surface area contributed by atoms with E-state index in [1.807, 2.05) is 0 Å². The van der Waals surface area contributed by atoms with Crippen LogP contribution in [0.3, 0.4) is 0 Å². The zero-order chi connectivity index (χ0) is 15.6. The second-order valence-corrected chi connectivity index (χ2v) is 6.43. The summed E-state index contributed by atoms with van der Waals surface area (Å²) in [6, 6.07) is 5.05. The Labute approximate surface area is 136 Å². The molecule has 0 unspecified atom stereocenters. The van der Waals surface area contributed by atoms with E-state index in [-0.39, 0.29) is 0 Å². The summed E-state index contributed by atoms with van der Waals surface area (Å²) in [4.78, 5) is 2.47. The van der Waals surface area contributed by atoms with Crippen LogP contribution in [0.4, 0.5) is 0 Å². The Morgan fingerprint density at radius 2 is 2.09 bits per heavy atom. The van der Waals surface area contributed by atoms with Gasteiger partial charge in [0.15, 0.2) is 18.9 Å². The van der Waals surface area contributed by atoms with Crippen LogP contribution >= 0.6 is 0 Å². The fourth-order valence-electron chi connectivity index (χ4n) is 3.21. The molecule has 0 bridgehead atoms. The van der Waals surface area contributed by atoms with Gasteiger partial charge in [-0.15, -0.1) is 5.92 Å². The maximum atomic E-state index is 3.33. The molecule has 120 valence electrons. The van der Waals surface area contributed by atoms with Crippen LogP contribution in [0, 0.1) is 11.8 Å². The fraction of sp³-hybridized carbons (Fsp3) is 0.650. The molecule has 2 nitrogen and oxygen atoms in total. The minimum Gasteiger partial charge on any atom is -0.299 e. The summed E-state index contributed by atoms with van der Waals surface area (Å²) in [6.45, 7) is 4.48. The normalized spacial score (nSPS) is 18.2. The van der Waals surface area contributed by atoms with Crippen LogP contribution < -0.4 is 4.57 Å². The molecule has 1 aromatic heterocycles. The predicted octanol–water partition coefficient (Wildman–Crippen LogP) is 4.10. The van der Waals surface area contributed by atoms with Crippen molar-refractivity contribution in [1.29, 1.82) is 0 Å². The van der Waals surface area contributed by atoms with Crippen molar-refractivity contribution in [2.45, 2.75) is 70.9 Å². The molecule has 1 fully saturated rings. The summed E-state index contributed by atoms with van der Waals surface area (Å²) in [5.74, 6) is 6.65. The molecule has 0 spiro atoms. The van der Waals surface area contributed by atoms with Crippen LogP contribution in [0.15, 0.2) is 24.5 Å². The van der Waals surface area contributed by atoms with Crippen LogP contribution in [-0.4, -0.2) is 18.5 Å². The molecular formula is C20H31N2+. The zero-order valence-electron chi connectivity index (χ0n) is 14.4. The van der Waals surface area contributed by atoms with Crippen LogP contribution in [0.5, 0.6) is 0 Å². The van der Waals surface area contributed by atoms with Gasteiger partial charge in [0.1, 0.15) is 0 Å². The molecule has 0 amide bonds. The van der Waals surface area contributed by atoms with Gasteiger partial charge in [0.05, 0.1) is 6.42 Å². The summed E-state index contributed by atoms with van der Waals surface area (Å²) >= 11 is 0. The van der Waals surface area contributed by atoms with Crippen molar-refractivity contribution in [3.8, 4) is 11.8 Å². The second kappa shape index (κ2) is 9.64. The number of likely N-dealkylation sites (tertiary alicyclic amines) is 1. The third-order valence-corrected chi connectivity index (χ3v) is 4.56. The first-order valence-electron chi connectivity index (χ1n) is 8.96. The van der Waals surface area contributed by atoms with Crippen LogP contribution in [0.2, 0.25) is 0 Å². The molecule has 1 aromatic rings. The Morgan fingerprint density at radius 3 is 2.86 bits per heavy atom. The smallest absolute Gasteiger partial charge is 0.173 e. The van der Waals surface area contributed by atoms with Gasteiger partial charge in [-0.05, 0) is 38.9 Å². The lowest BCUT2D eigenvalue weighted by molar-refractivity contribution is -0.696. The molecule has 2 heteroatoms. The quantitative estimate of drug-likeness (QED) is 0.417. The minimum absolute atomic E-state index is 0.608. The van der Waals surface area contributed by atoms with Gasteiger partial charge in [-0.3, -0.25) is 4.90 Å². The van der Waals surface area contributed by atoms with E-state index in [0.29, 0.717) is 6.04 Å².